The van der Waals surface area contributed by atoms with Crippen LogP contribution in [0.25, 0.3) is 10.8 Å². The molecule has 0 radical (unpaired) electrons. The highest BCUT2D eigenvalue weighted by Gasteiger charge is 2.22. The highest BCUT2D eigenvalue weighted by atomic mass is 31.2. The third-order valence-corrected chi connectivity index (χ3v) is 4.11. The van der Waals surface area contributed by atoms with Crippen molar-refractivity contribution in [1.82, 2.24) is 0 Å². The first kappa shape index (κ1) is 13.2. The second kappa shape index (κ2) is 5.57. The standard InChI is InChI=1S/C14H15O3P/c1-10-8-9-13(14(15)18(16-2)17-3)12-7-5-4-6-11(10)12/h4-9H,1-3H3. The number of benzene rings is 2. The van der Waals surface area contributed by atoms with Crippen LogP contribution in [0.4, 0.5) is 0 Å². The smallest absolute Gasteiger partial charge is 0.248 e. The second-order valence-corrected chi connectivity index (χ2v) is 5.55. The van der Waals surface area contributed by atoms with Crippen LogP contribution in [-0.2, 0) is 9.05 Å². The first-order valence-corrected chi connectivity index (χ1v) is 6.77. The maximum absolute atomic E-state index is 12.3. The first-order chi connectivity index (χ1) is 8.69. The van der Waals surface area contributed by atoms with E-state index in [-0.39, 0.29) is 5.52 Å². The van der Waals surface area contributed by atoms with Crippen molar-refractivity contribution >= 4 is 24.7 Å². The molecule has 0 aliphatic carbocycles. The van der Waals surface area contributed by atoms with E-state index in [4.69, 9.17) is 9.05 Å². The van der Waals surface area contributed by atoms with Crippen molar-refractivity contribution in [1.29, 1.82) is 0 Å². The Labute approximate surface area is 108 Å². The van der Waals surface area contributed by atoms with Crippen LogP contribution in [0.1, 0.15) is 15.9 Å². The zero-order valence-corrected chi connectivity index (χ0v) is 11.5. The Bertz CT molecular complexity index is 576. The van der Waals surface area contributed by atoms with Crippen LogP contribution in [0, 0.1) is 6.92 Å². The normalized spacial score (nSPS) is 11.1. The van der Waals surface area contributed by atoms with Gasteiger partial charge in [-0.25, -0.2) is 0 Å². The number of hydrogen-bond acceptors (Lipinski definition) is 3. The average molecular weight is 262 g/mol. The molecule has 0 heterocycles. The Morgan fingerprint density at radius 2 is 1.61 bits per heavy atom. The summed E-state index contributed by atoms with van der Waals surface area (Å²) in [5.41, 5.74) is 1.72. The summed E-state index contributed by atoms with van der Waals surface area (Å²) in [7, 11) is 1.46. The minimum atomic E-state index is -1.52. The molecule has 0 saturated carbocycles. The van der Waals surface area contributed by atoms with Gasteiger partial charge in [-0.3, -0.25) is 4.79 Å². The monoisotopic (exact) mass is 262 g/mol. The molecule has 0 aliphatic rings. The van der Waals surface area contributed by atoms with Gasteiger partial charge in [-0.2, -0.15) is 0 Å². The number of rotatable bonds is 4. The first-order valence-electron chi connectivity index (χ1n) is 5.60. The van der Waals surface area contributed by atoms with Crippen LogP contribution in [0.5, 0.6) is 0 Å². The topological polar surface area (TPSA) is 35.5 Å². The van der Waals surface area contributed by atoms with Gasteiger partial charge in [0.25, 0.3) is 0 Å². The van der Waals surface area contributed by atoms with E-state index >= 15 is 0 Å². The molecule has 2 rings (SSSR count). The minimum absolute atomic E-state index is 0.0915. The highest BCUT2D eigenvalue weighted by molar-refractivity contribution is 7.66. The maximum Gasteiger partial charge on any atom is 0.248 e. The molecule has 0 spiro atoms. The lowest BCUT2D eigenvalue weighted by atomic mass is 10.0. The highest BCUT2D eigenvalue weighted by Crippen LogP contribution is 2.41. The van der Waals surface area contributed by atoms with Crippen LogP contribution < -0.4 is 0 Å². The van der Waals surface area contributed by atoms with Crippen molar-refractivity contribution < 1.29 is 13.8 Å². The average Bonchev–Trinajstić information content (AvgIpc) is 2.41. The summed E-state index contributed by atoms with van der Waals surface area (Å²) in [5.74, 6) is 0. The van der Waals surface area contributed by atoms with E-state index in [0.29, 0.717) is 5.56 Å². The van der Waals surface area contributed by atoms with Gasteiger partial charge in [0.2, 0.25) is 13.9 Å². The lowest BCUT2D eigenvalue weighted by Crippen LogP contribution is -2.01. The van der Waals surface area contributed by atoms with Gasteiger partial charge >= 0.3 is 0 Å². The quantitative estimate of drug-likeness (QED) is 0.784. The summed E-state index contributed by atoms with van der Waals surface area (Å²) < 4.78 is 10.2. The van der Waals surface area contributed by atoms with Crippen LogP contribution in [0.15, 0.2) is 36.4 Å². The van der Waals surface area contributed by atoms with E-state index in [1.165, 1.54) is 14.2 Å². The van der Waals surface area contributed by atoms with Crippen molar-refractivity contribution in [2.24, 2.45) is 0 Å². The van der Waals surface area contributed by atoms with Gasteiger partial charge in [-0.05, 0) is 29.3 Å². The van der Waals surface area contributed by atoms with Gasteiger partial charge in [0, 0.05) is 19.8 Å². The molecule has 0 fully saturated rings. The SMILES string of the molecule is COP(OC)C(=O)c1ccc(C)c2ccccc12. The lowest BCUT2D eigenvalue weighted by molar-refractivity contribution is 0.105. The molecule has 0 aliphatic heterocycles. The molecule has 18 heavy (non-hydrogen) atoms. The molecule has 4 heteroatoms. The summed E-state index contributed by atoms with van der Waals surface area (Å²) in [4.78, 5) is 12.3. The Morgan fingerprint density at radius 1 is 1.00 bits per heavy atom. The number of carbonyl (C=O) groups excluding carboxylic acids is 1. The molecule has 0 atom stereocenters. The number of carbonyl (C=O) groups is 1. The Morgan fingerprint density at radius 3 is 2.22 bits per heavy atom. The second-order valence-electron chi connectivity index (χ2n) is 3.90. The predicted octanol–water partition coefficient (Wildman–Crippen LogP) is 3.89. The van der Waals surface area contributed by atoms with Gasteiger partial charge < -0.3 is 9.05 Å². The fourth-order valence-corrected chi connectivity index (χ4v) is 2.85. The van der Waals surface area contributed by atoms with E-state index in [0.717, 1.165) is 16.3 Å². The third kappa shape index (κ3) is 2.30. The van der Waals surface area contributed by atoms with Crippen LogP contribution in [-0.4, -0.2) is 19.7 Å². The van der Waals surface area contributed by atoms with Crippen molar-refractivity contribution in [3.05, 3.63) is 47.5 Å². The molecule has 94 valence electrons. The summed E-state index contributed by atoms with van der Waals surface area (Å²) in [6, 6.07) is 11.7. The fourth-order valence-electron chi connectivity index (χ4n) is 1.97. The van der Waals surface area contributed by atoms with Gasteiger partial charge in [0.05, 0.1) is 0 Å². The number of aryl methyl sites for hydroxylation is 1. The summed E-state index contributed by atoms with van der Waals surface area (Å²) in [6.07, 6.45) is 0. The molecule has 0 N–H and O–H groups in total. The molecule has 0 amide bonds. The van der Waals surface area contributed by atoms with Crippen molar-refractivity contribution in [2.75, 3.05) is 14.2 Å². The molecular formula is C14H15O3P. The van der Waals surface area contributed by atoms with Gasteiger partial charge in [0.1, 0.15) is 0 Å². The molecule has 2 aromatic rings. The predicted molar refractivity (Wildman–Crippen MR) is 74.0 cm³/mol. The van der Waals surface area contributed by atoms with Gasteiger partial charge in [-0.15, -0.1) is 0 Å². The van der Waals surface area contributed by atoms with Crippen LogP contribution in [0.2, 0.25) is 0 Å². The third-order valence-electron chi connectivity index (χ3n) is 2.87. The minimum Gasteiger partial charge on any atom is -0.332 e. The molecule has 0 aromatic heterocycles. The Kier molecular flexibility index (Phi) is 4.07. The van der Waals surface area contributed by atoms with Crippen molar-refractivity contribution in [2.45, 2.75) is 6.92 Å². The number of hydrogen-bond donors (Lipinski definition) is 0. The van der Waals surface area contributed by atoms with E-state index in [2.05, 4.69) is 0 Å². The molecule has 0 bridgehead atoms. The fraction of sp³-hybridized carbons (Fsp3) is 0.214. The van der Waals surface area contributed by atoms with E-state index in [1.54, 1.807) is 0 Å². The summed E-state index contributed by atoms with van der Waals surface area (Å²) in [6.45, 7) is 2.03. The molecule has 2 aromatic carbocycles. The van der Waals surface area contributed by atoms with E-state index in [1.807, 2.05) is 43.3 Å². The summed E-state index contributed by atoms with van der Waals surface area (Å²) >= 11 is 0. The van der Waals surface area contributed by atoms with Crippen molar-refractivity contribution in [3.8, 4) is 0 Å². The van der Waals surface area contributed by atoms with Crippen molar-refractivity contribution in [3.63, 3.8) is 0 Å². The van der Waals surface area contributed by atoms with Gasteiger partial charge in [0.15, 0.2) is 0 Å². The molecule has 0 saturated heterocycles. The number of fused-ring (bicyclic) bond motifs is 1. The molecule has 3 nitrogen and oxygen atoms in total. The zero-order chi connectivity index (χ0) is 13.1. The molecule has 0 unspecified atom stereocenters. The summed E-state index contributed by atoms with van der Waals surface area (Å²) in [5, 5.41) is 2.04. The van der Waals surface area contributed by atoms with E-state index < -0.39 is 8.38 Å². The lowest BCUT2D eigenvalue weighted by Gasteiger charge is -2.13. The Hall–Kier alpha value is -1.28. The van der Waals surface area contributed by atoms with Gasteiger partial charge in [-0.1, -0.05) is 30.3 Å². The zero-order valence-electron chi connectivity index (χ0n) is 10.6. The largest absolute Gasteiger partial charge is 0.332 e. The van der Waals surface area contributed by atoms with Crippen LogP contribution >= 0.6 is 8.38 Å². The Balaban J connectivity index is 2.58. The van der Waals surface area contributed by atoms with E-state index in [9.17, 15) is 4.79 Å². The molecular weight excluding hydrogens is 247 g/mol. The van der Waals surface area contributed by atoms with Crippen LogP contribution in [0.3, 0.4) is 0 Å². The maximum atomic E-state index is 12.3.